The van der Waals surface area contributed by atoms with Crippen molar-refractivity contribution in [2.24, 2.45) is 5.92 Å². The summed E-state index contributed by atoms with van der Waals surface area (Å²) in [5, 5.41) is 9.81. The third-order valence-corrected chi connectivity index (χ3v) is 4.72. The second-order valence-electron chi connectivity index (χ2n) is 6.52. The van der Waals surface area contributed by atoms with Crippen LogP contribution in [0, 0.1) is 5.92 Å². The van der Waals surface area contributed by atoms with Crippen LogP contribution in [0.2, 0.25) is 5.02 Å². The van der Waals surface area contributed by atoms with Gasteiger partial charge in [-0.3, -0.25) is 9.69 Å². The maximum absolute atomic E-state index is 11.1. The quantitative estimate of drug-likeness (QED) is 0.746. The van der Waals surface area contributed by atoms with Gasteiger partial charge < -0.3 is 5.11 Å². The Morgan fingerprint density at radius 2 is 1.88 bits per heavy atom. The molecule has 0 bridgehead atoms. The van der Waals surface area contributed by atoms with E-state index in [1.165, 1.54) is 24.8 Å². The standard InChI is InChI=1S/C20H26ClNO2/c1-15(20(23)24)6-11-19(17-7-9-18(21)10-8-17)16(2)14-22-12-4-3-5-13-22/h6-11,15H,3-5,12-14H2,1-2H3,(H,23,24)/b11-6-,19-16-. The third-order valence-electron chi connectivity index (χ3n) is 4.47. The molecule has 0 saturated carbocycles. The zero-order valence-electron chi connectivity index (χ0n) is 14.5. The van der Waals surface area contributed by atoms with Crippen LogP contribution >= 0.6 is 11.6 Å². The first kappa shape index (κ1) is 18.8. The molecule has 2 rings (SSSR count). The SMILES string of the molecule is C/C(CN1CCCCC1)=C(\C=C/C(C)C(=O)O)c1ccc(Cl)cc1. The molecule has 0 amide bonds. The summed E-state index contributed by atoms with van der Waals surface area (Å²) >= 11 is 6.00. The fourth-order valence-electron chi connectivity index (χ4n) is 2.98. The summed E-state index contributed by atoms with van der Waals surface area (Å²) in [6, 6.07) is 7.74. The average molecular weight is 348 g/mol. The summed E-state index contributed by atoms with van der Waals surface area (Å²) in [6.45, 7) is 7.03. The Morgan fingerprint density at radius 3 is 2.46 bits per heavy atom. The first-order valence-electron chi connectivity index (χ1n) is 8.56. The minimum absolute atomic E-state index is 0.505. The van der Waals surface area contributed by atoms with E-state index in [4.69, 9.17) is 16.7 Å². The molecule has 130 valence electrons. The van der Waals surface area contributed by atoms with Crippen molar-refractivity contribution in [1.29, 1.82) is 0 Å². The number of nitrogens with zero attached hydrogens (tertiary/aromatic N) is 1. The lowest BCUT2D eigenvalue weighted by atomic mass is 9.97. The van der Waals surface area contributed by atoms with Crippen molar-refractivity contribution >= 4 is 23.1 Å². The van der Waals surface area contributed by atoms with Crippen LogP contribution in [0.4, 0.5) is 0 Å². The van der Waals surface area contributed by atoms with Gasteiger partial charge in [-0.25, -0.2) is 0 Å². The monoisotopic (exact) mass is 347 g/mol. The van der Waals surface area contributed by atoms with Gasteiger partial charge in [0.1, 0.15) is 0 Å². The second-order valence-corrected chi connectivity index (χ2v) is 6.96. The van der Waals surface area contributed by atoms with E-state index in [1.807, 2.05) is 30.3 Å². The number of carboxylic acid groups (broad SMARTS) is 1. The van der Waals surface area contributed by atoms with Gasteiger partial charge in [0.2, 0.25) is 0 Å². The zero-order valence-corrected chi connectivity index (χ0v) is 15.2. The van der Waals surface area contributed by atoms with Crippen molar-refractivity contribution in [2.75, 3.05) is 19.6 Å². The maximum Gasteiger partial charge on any atom is 0.310 e. The summed E-state index contributed by atoms with van der Waals surface area (Å²) < 4.78 is 0. The normalized spacial score (nSPS) is 18.5. The summed E-state index contributed by atoms with van der Waals surface area (Å²) in [6.07, 6.45) is 7.54. The highest BCUT2D eigenvalue weighted by Crippen LogP contribution is 2.24. The predicted molar refractivity (Wildman–Crippen MR) is 100 cm³/mol. The molecule has 1 atom stereocenters. The molecule has 1 aliphatic heterocycles. The van der Waals surface area contributed by atoms with Gasteiger partial charge >= 0.3 is 5.97 Å². The molecule has 0 spiro atoms. The van der Waals surface area contributed by atoms with Gasteiger partial charge in [0.25, 0.3) is 0 Å². The van der Waals surface area contributed by atoms with Crippen LogP contribution in [0.15, 0.2) is 42.0 Å². The maximum atomic E-state index is 11.1. The Labute approximate surface area is 149 Å². The number of aliphatic carboxylic acids is 1. The molecule has 3 nitrogen and oxygen atoms in total. The van der Waals surface area contributed by atoms with E-state index in [0.29, 0.717) is 5.02 Å². The number of carboxylic acids is 1. The highest BCUT2D eigenvalue weighted by atomic mass is 35.5. The van der Waals surface area contributed by atoms with E-state index in [2.05, 4.69) is 11.8 Å². The van der Waals surface area contributed by atoms with Crippen molar-refractivity contribution in [1.82, 2.24) is 4.90 Å². The predicted octanol–water partition coefficient (Wildman–Crippen LogP) is 4.88. The summed E-state index contributed by atoms with van der Waals surface area (Å²) in [7, 11) is 0. The lowest BCUT2D eigenvalue weighted by molar-refractivity contribution is -0.139. The minimum Gasteiger partial charge on any atom is -0.481 e. The number of hydrogen-bond donors (Lipinski definition) is 1. The smallest absolute Gasteiger partial charge is 0.310 e. The van der Waals surface area contributed by atoms with Crippen LogP contribution in [0.25, 0.3) is 5.57 Å². The van der Waals surface area contributed by atoms with Gasteiger partial charge in [-0.1, -0.05) is 47.9 Å². The van der Waals surface area contributed by atoms with Crippen LogP contribution in [0.5, 0.6) is 0 Å². The highest BCUT2D eigenvalue weighted by molar-refractivity contribution is 6.30. The number of piperidine rings is 1. The van der Waals surface area contributed by atoms with Gasteiger partial charge in [-0.2, -0.15) is 0 Å². The van der Waals surface area contributed by atoms with Crippen LogP contribution in [0.3, 0.4) is 0 Å². The van der Waals surface area contributed by atoms with Crippen molar-refractivity contribution in [2.45, 2.75) is 33.1 Å². The molecule has 1 N–H and O–H groups in total. The van der Waals surface area contributed by atoms with E-state index in [9.17, 15) is 4.79 Å². The topological polar surface area (TPSA) is 40.5 Å². The zero-order chi connectivity index (χ0) is 17.5. The van der Waals surface area contributed by atoms with E-state index >= 15 is 0 Å². The minimum atomic E-state index is -0.810. The van der Waals surface area contributed by atoms with Gasteiger partial charge in [0, 0.05) is 11.6 Å². The van der Waals surface area contributed by atoms with Crippen LogP contribution in [-0.2, 0) is 4.79 Å². The molecular formula is C20H26ClNO2. The highest BCUT2D eigenvalue weighted by Gasteiger charge is 2.13. The van der Waals surface area contributed by atoms with Crippen LogP contribution in [0.1, 0.15) is 38.7 Å². The number of halogens is 1. The molecule has 1 fully saturated rings. The van der Waals surface area contributed by atoms with E-state index in [1.54, 1.807) is 13.0 Å². The Hall–Kier alpha value is -1.58. The molecule has 1 aromatic rings. The van der Waals surface area contributed by atoms with E-state index in [-0.39, 0.29) is 0 Å². The summed E-state index contributed by atoms with van der Waals surface area (Å²) in [5.74, 6) is -1.31. The molecule has 0 radical (unpaired) electrons. The molecule has 1 aromatic carbocycles. The van der Waals surface area contributed by atoms with Crippen LogP contribution in [-0.4, -0.2) is 35.6 Å². The Morgan fingerprint density at radius 1 is 1.25 bits per heavy atom. The van der Waals surface area contributed by atoms with Crippen molar-refractivity contribution in [3.8, 4) is 0 Å². The Bertz CT molecular complexity index is 613. The molecule has 1 aliphatic rings. The van der Waals surface area contributed by atoms with Crippen molar-refractivity contribution < 1.29 is 9.90 Å². The average Bonchev–Trinajstić information content (AvgIpc) is 2.57. The summed E-state index contributed by atoms with van der Waals surface area (Å²) in [4.78, 5) is 13.6. The van der Waals surface area contributed by atoms with Gasteiger partial charge in [0.15, 0.2) is 0 Å². The molecule has 0 aromatic heterocycles. The number of rotatable bonds is 6. The van der Waals surface area contributed by atoms with E-state index in [0.717, 1.165) is 30.8 Å². The second kappa shape index (κ2) is 9.05. The number of hydrogen-bond acceptors (Lipinski definition) is 2. The lowest BCUT2D eigenvalue weighted by Gasteiger charge is -2.27. The van der Waals surface area contributed by atoms with Gasteiger partial charge in [-0.15, -0.1) is 0 Å². The first-order valence-corrected chi connectivity index (χ1v) is 8.94. The number of likely N-dealkylation sites (tertiary alicyclic amines) is 1. The first-order chi connectivity index (χ1) is 11.5. The molecule has 4 heteroatoms. The van der Waals surface area contributed by atoms with Gasteiger partial charge in [0.05, 0.1) is 5.92 Å². The Balaban J connectivity index is 2.27. The molecule has 1 saturated heterocycles. The molecule has 24 heavy (non-hydrogen) atoms. The third kappa shape index (κ3) is 5.50. The van der Waals surface area contributed by atoms with Crippen molar-refractivity contribution in [3.63, 3.8) is 0 Å². The largest absolute Gasteiger partial charge is 0.481 e. The number of allylic oxidation sites excluding steroid dienone is 2. The molecule has 1 heterocycles. The Kier molecular flexibility index (Phi) is 7.07. The number of benzene rings is 1. The molecule has 0 aliphatic carbocycles. The van der Waals surface area contributed by atoms with E-state index < -0.39 is 11.9 Å². The summed E-state index contributed by atoms with van der Waals surface area (Å²) in [5.41, 5.74) is 3.42. The molecule has 1 unspecified atom stereocenters. The van der Waals surface area contributed by atoms with Crippen LogP contribution < -0.4 is 0 Å². The van der Waals surface area contributed by atoms with Crippen molar-refractivity contribution in [3.05, 3.63) is 52.6 Å². The fraction of sp³-hybridized carbons (Fsp3) is 0.450. The fourth-order valence-corrected chi connectivity index (χ4v) is 3.10. The molecular weight excluding hydrogens is 322 g/mol. The lowest BCUT2D eigenvalue weighted by Crippen LogP contribution is -2.31. The number of carbonyl (C=O) groups is 1. The van der Waals surface area contributed by atoms with Gasteiger partial charge in [-0.05, 0) is 63.0 Å².